The van der Waals surface area contributed by atoms with Crippen LogP contribution in [-0.4, -0.2) is 37.7 Å². The minimum Gasteiger partial charge on any atom is -0.316 e. The average Bonchev–Trinajstić information content (AvgIpc) is 2.36. The standard InChI is InChI=1S/C15H25N3O2S/c1-11(2)7-16-8-12-4-5-14-13(6-12)9-17-15(18-14)10-21(3,19)20/h9,11-12,16H,4-8,10H2,1-3H3. The summed E-state index contributed by atoms with van der Waals surface area (Å²) in [6.07, 6.45) is 6.04. The van der Waals surface area contributed by atoms with Gasteiger partial charge in [0.15, 0.2) is 9.84 Å². The zero-order chi connectivity index (χ0) is 15.5. The van der Waals surface area contributed by atoms with E-state index in [0.717, 1.165) is 38.0 Å². The maximum Gasteiger partial charge on any atom is 0.154 e. The fourth-order valence-corrected chi connectivity index (χ4v) is 3.29. The molecule has 0 spiro atoms. The molecule has 1 aliphatic carbocycles. The van der Waals surface area contributed by atoms with Crippen LogP contribution in [0.3, 0.4) is 0 Å². The van der Waals surface area contributed by atoms with Crippen LogP contribution in [0.4, 0.5) is 0 Å². The highest BCUT2D eigenvalue weighted by molar-refractivity contribution is 7.89. The second-order valence-electron chi connectivity index (χ2n) is 6.49. The van der Waals surface area contributed by atoms with Crippen LogP contribution in [0.5, 0.6) is 0 Å². The zero-order valence-corrected chi connectivity index (χ0v) is 13.9. The predicted octanol–water partition coefficient (Wildman–Crippen LogP) is 1.37. The Morgan fingerprint density at radius 3 is 2.86 bits per heavy atom. The summed E-state index contributed by atoms with van der Waals surface area (Å²) in [5, 5.41) is 3.51. The Hall–Kier alpha value is -1.01. The molecule has 1 unspecified atom stereocenters. The highest BCUT2D eigenvalue weighted by Gasteiger charge is 2.21. The molecule has 0 aliphatic heterocycles. The van der Waals surface area contributed by atoms with E-state index in [1.54, 1.807) is 0 Å². The average molecular weight is 311 g/mol. The van der Waals surface area contributed by atoms with Crippen molar-refractivity contribution in [2.24, 2.45) is 11.8 Å². The van der Waals surface area contributed by atoms with Gasteiger partial charge in [-0.05, 0) is 49.8 Å². The van der Waals surface area contributed by atoms with Gasteiger partial charge in [-0.25, -0.2) is 18.4 Å². The molecule has 0 saturated heterocycles. The summed E-state index contributed by atoms with van der Waals surface area (Å²) in [5.41, 5.74) is 2.21. The third kappa shape index (κ3) is 5.36. The van der Waals surface area contributed by atoms with Crippen LogP contribution < -0.4 is 5.32 Å². The van der Waals surface area contributed by atoms with Crippen molar-refractivity contribution in [1.29, 1.82) is 0 Å². The Labute approximate surface area is 127 Å². The van der Waals surface area contributed by atoms with Crippen molar-refractivity contribution in [1.82, 2.24) is 15.3 Å². The molecular weight excluding hydrogens is 286 g/mol. The molecule has 21 heavy (non-hydrogen) atoms. The monoisotopic (exact) mass is 311 g/mol. The van der Waals surface area contributed by atoms with Crippen LogP contribution in [0.15, 0.2) is 6.20 Å². The molecule has 0 aromatic carbocycles. The Morgan fingerprint density at radius 1 is 1.43 bits per heavy atom. The van der Waals surface area contributed by atoms with Crippen molar-refractivity contribution in [3.05, 3.63) is 23.3 Å². The van der Waals surface area contributed by atoms with Gasteiger partial charge >= 0.3 is 0 Å². The molecule has 1 aromatic heterocycles. The Balaban J connectivity index is 1.96. The normalized spacial score (nSPS) is 18.8. The Bertz CT molecular complexity index is 585. The van der Waals surface area contributed by atoms with Crippen LogP contribution in [0, 0.1) is 11.8 Å². The van der Waals surface area contributed by atoms with Crippen molar-refractivity contribution in [3.8, 4) is 0 Å². The molecule has 0 amide bonds. The summed E-state index contributed by atoms with van der Waals surface area (Å²) in [5.74, 6) is 1.65. The summed E-state index contributed by atoms with van der Waals surface area (Å²) in [6, 6.07) is 0. The highest BCUT2D eigenvalue weighted by atomic mass is 32.2. The number of hydrogen-bond donors (Lipinski definition) is 1. The molecule has 118 valence electrons. The van der Waals surface area contributed by atoms with Gasteiger partial charge in [0.05, 0.1) is 0 Å². The molecular formula is C15H25N3O2S. The fourth-order valence-electron chi connectivity index (χ4n) is 2.68. The number of aromatic nitrogens is 2. The Morgan fingerprint density at radius 2 is 2.19 bits per heavy atom. The second-order valence-corrected chi connectivity index (χ2v) is 8.63. The van der Waals surface area contributed by atoms with E-state index in [4.69, 9.17) is 0 Å². The molecule has 1 heterocycles. The second kappa shape index (κ2) is 6.83. The third-order valence-corrected chi connectivity index (χ3v) is 4.46. The van der Waals surface area contributed by atoms with Crippen molar-refractivity contribution in [2.45, 2.75) is 38.9 Å². The van der Waals surface area contributed by atoms with Crippen LogP contribution in [0.25, 0.3) is 0 Å². The predicted molar refractivity (Wildman–Crippen MR) is 83.8 cm³/mol. The molecule has 6 heteroatoms. The number of nitrogens with one attached hydrogen (secondary N) is 1. The Kier molecular flexibility index (Phi) is 5.32. The van der Waals surface area contributed by atoms with Gasteiger partial charge in [0.2, 0.25) is 0 Å². The topological polar surface area (TPSA) is 72.0 Å². The van der Waals surface area contributed by atoms with E-state index < -0.39 is 9.84 Å². The van der Waals surface area contributed by atoms with E-state index in [0.29, 0.717) is 17.7 Å². The van der Waals surface area contributed by atoms with E-state index >= 15 is 0 Å². The first-order chi connectivity index (χ1) is 9.83. The van der Waals surface area contributed by atoms with Gasteiger partial charge in [0.25, 0.3) is 0 Å². The van der Waals surface area contributed by atoms with Crippen molar-refractivity contribution in [3.63, 3.8) is 0 Å². The number of fused-ring (bicyclic) bond motifs is 1. The van der Waals surface area contributed by atoms with Gasteiger partial charge in [-0.15, -0.1) is 0 Å². The van der Waals surface area contributed by atoms with E-state index in [2.05, 4.69) is 29.1 Å². The van der Waals surface area contributed by atoms with Gasteiger partial charge in [0, 0.05) is 18.1 Å². The molecule has 1 aromatic rings. The first-order valence-electron chi connectivity index (χ1n) is 7.55. The summed E-state index contributed by atoms with van der Waals surface area (Å²) < 4.78 is 22.6. The molecule has 0 radical (unpaired) electrons. The van der Waals surface area contributed by atoms with Gasteiger partial charge in [0.1, 0.15) is 11.6 Å². The molecule has 1 aliphatic rings. The lowest BCUT2D eigenvalue weighted by atomic mass is 9.87. The lowest BCUT2D eigenvalue weighted by Crippen LogP contribution is -2.30. The highest BCUT2D eigenvalue weighted by Crippen LogP contribution is 2.23. The van der Waals surface area contributed by atoms with Gasteiger partial charge in [-0.3, -0.25) is 0 Å². The first-order valence-corrected chi connectivity index (χ1v) is 9.61. The molecule has 0 bridgehead atoms. The maximum absolute atomic E-state index is 11.3. The zero-order valence-electron chi connectivity index (χ0n) is 13.1. The van der Waals surface area contributed by atoms with E-state index in [9.17, 15) is 8.42 Å². The smallest absolute Gasteiger partial charge is 0.154 e. The molecule has 2 rings (SSSR count). The van der Waals surface area contributed by atoms with Crippen molar-refractivity contribution in [2.75, 3.05) is 19.3 Å². The van der Waals surface area contributed by atoms with Gasteiger partial charge < -0.3 is 5.32 Å². The number of nitrogens with zero attached hydrogens (tertiary/aromatic N) is 2. The number of sulfone groups is 1. The van der Waals surface area contributed by atoms with Crippen LogP contribution in [0.2, 0.25) is 0 Å². The van der Waals surface area contributed by atoms with E-state index in [-0.39, 0.29) is 5.75 Å². The van der Waals surface area contributed by atoms with Crippen molar-refractivity contribution >= 4 is 9.84 Å². The van der Waals surface area contributed by atoms with Crippen LogP contribution in [-0.2, 0) is 28.4 Å². The number of rotatable bonds is 6. The lowest BCUT2D eigenvalue weighted by molar-refractivity contribution is 0.405. The summed E-state index contributed by atoms with van der Waals surface area (Å²) in [4.78, 5) is 8.64. The largest absolute Gasteiger partial charge is 0.316 e. The number of aryl methyl sites for hydroxylation is 1. The van der Waals surface area contributed by atoms with E-state index in [1.165, 1.54) is 11.8 Å². The minimum absolute atomic E-state index is 0.0698. The minimum atomic E-state index is -3.07. The fraction of sp³-hybridized carbons (Fsp3) is 0.733. The molecule has 5 nitrogen and oxygen atoms in total. The summed E-state index contributed by atoms with van der Waals surface area (Å²) >= 11 is 0. The van der Waals surface area contributed by atoms with Crippen LogP contribution in [0.1, 0.15) is 37.4 Å². The summed E-state index contributed by atoms with van der Waals surface area (Å²) in [7, 11) is -3.07. The molecule has 0 saturated carbocycles. The first kappa shape index (κ1) is 16.4. The molecule has 1 atom stereocenters. The SMILES string of the molecule is CC(C)CNCC1CCc2nc(CS(C)(=O)=O)ncc2C1. The van der Waals surface area contributed by atoms with Crippen molar-refractivity contribution < 1.29 is 8.42 Å². The summed E-state index contributed by atoms with van der Waals surface area (Å²) in [6.45, 7) is 6.50. The van der Waals surface area contributed by atoms with Gasteiger partial charge in [-0.1, -0.05) is 13.8 Å². The molecule has 1 N–H and O–H groups in total. The van der Waals surface area contributed by atoms with Gasteiger partial charge in [-0.2, -0.15) is 0 Å². The quantitative estimate of drug-likeness (QED) is 0.859. The lowest BCUT2D eigenvalue weighted by Gasteiger charge is -2.24. The maximum atomic E-state index is 11.3. The van der Waals surface area contributed by atoms with E-state index in [1.807, 2.05) is 6.20 Å². The molecule has 0 fully saturated rings. The third-order valence-electron chi connectivity index (χ3n) is 3.68. The number of hydrogen-bond acceptors (Lipinski definition) is 5. The van der Waals surface area contributed by atoms with Crippen LogP contribution >= 0.6 is 0 Å².